The Morgan fingerprint density at radius 2 is 1.54 bits per heavy atom. The van der Waals surface area contributed by atoms with Gasteiger partial charge in [-0.25, -0.2) is 0 Å². The number of benzene rings is 1. The van der Waals surface area contributed by atoms with Gasteiger partial charge in [0.25, 0.3) is 0 Å². The van der Waals surface area contributed by atoms with Gasteiger partial charge >= 0.3 is 0 Å². The van der Waals surface area contributed by atoms with Crippen molar-refractivity contribution >= 4 is 33.7 Å². The van der Waals surface area contributed by atoms with Crippen LogP contribution in [0.15, 0.2) is 28.7 Å². The molecule has 2 bridgehead atoms. The van der Waals surface area contributed by atoms with Crippen LogP contribution in [-0.4, -0.2) is 45.6 Å². The average Bonchev–Trinajstić information content (AvgIpc) is 3.10. The molecule has 138 valence electrons. The first-order valence-corrected chi connectivity index (χ1v) is 10.2. The zero-order valence-electron chi connectivity index (χ0n) is 14.7. The Hall–Kier alpha value is -1.69. The maximum absolute atomic E-state index is 12.8. The predicted molar refractivity (Wildman–Crippen MR) is 100 cm³/mol. The van der Waals surface area contributed by atoms with Gasteiger partial charge in [-0.3, -0.25) is 19.3 Å². The molecule has 3 aliphatic rings. The summed E-state index contributed by atoms with van der Waals surface area (Å²) in [5, 5.41) is 0. The van der Waals surface area contributed by atoms with E-state index in [-0.39, 0.29) is 35.8 Å². The van der Waals surface area contributed by atoms with Crippen molar-refractivity contribution in [2.24, 2.45) is 0 Å². The van der Waals surface area contributed by atoms with Crippen molar-refractivity contribution in [3.05, 3.63) is 34.3 Å². The molecule has 0 N–H and O–H groups in total. The first kappa shape index (κ1) is 17.7. The summed E-state index contributed by atoms with van der Waals surface area (Å²) in [4.78, 5) is 40.5. The van der Waals surface area contributed by atoms with Crippen LogP contribution in [0, 0.1) is 0 Å². The molecule has 4 rings (SSSR count). The molecule has 0 aliphatic carbocycles. The fraction of sp³-hybridized carbons (Fsp3) is 0.550. The summed E-state index contributed by atoms with van der Waals surface area (Å²) in [6, 6.07) is 8.43. The summed E-state index contributed by atoms with van der Waals surface area (Å²) < 4.78 is 1.04. The topological polar surface area (TPSA) is 57.7 Å². The summed E-state index contributed by atoms with van der Waals surface area (Å²) in [7, 11) is 0. The number of nitrogens with zero attached hydrogens (tertiary/aromatic N) is 2. The first-order chi connectivity index (χ1) is 12.5. The van der Waals surface area contributed by atoms with Gasteiger partial charge in [0, 0.05) is 41.9 Å². The average molecular weight is 419 g/mol. The summed E-state index contributed by atoms with van der Waals surface area (Å²) in [5.74, 6) is 0.141. The van der Waals surface area contributed by atoms with Gasteiger partial charge in [0.1, 0.15) is 0 Å². The number of likely N-dealkylation sites (tertiary alicyclic amines) is 1. The lowest BCUT2D eigenvalue weighted by Crippen LogP contribution is -2.53. The predicted octanol–water partition coefficient (Wildman–Crippen LogP) is 3.05. The fourth-order valence-electron chi connectivity index (χ4n) is 4.80. The number of imide groups is 1. The number of aryl methyl sites for hydroxylation is 1. The Kier molecular flexibility index (Phi) is 4.86. The van der Waals surface area contributed by atoms with Crippen LogP contribution in [0.5, 0.6) is 0 Å². The van der Waals surface area contributed by atoms with Crippen LogP contribution in [0.25, 0.3) is 0 Å². The fourth-order valence-corrected chi connectivity index (χ4v) is 5.06. The highest BCUT2D eigenvalue weighted by molar-refractivity contribution is 9.10. The number of amides is 3. The van der Waals surface area contributed by atoms with E-state index >= 15 is 0 Å². The lowest BCUT2D eigenvalue weighted by molar-refractivity contribution is -0.144. The molecule has 6 heteroatoms. The van der Waals surface area contributed by atoms with Crippen molar-refractivity contribution in [1.29, 1.82) is 0 Å². The molecule has 3 fully saturated rings. The molecule has 26 heavy (non-hydrogen) atoms. The monoisotopic (exact) mass is 418 g/mol. The molecule has 3 saturated heterocycles. The van der Waals surface area contributed by atoms with E-state index in [0.29, 0.717) is 19.3 Å². The van der Waals surface area contributed by atoms with Crippen LogP contribution in [0.3, 0.4) is 0 Å². The molecule has 0 radical (unpaired) electrons. The van der Waals surface area contributed by atoms with Gasteiger partial charge < -0.3 is 4.90 Å². The second-order valence-corrected chi connectivity index (χ2v) is 8.51. The summed E-state index contributed by atoms with van der Waals surface area (Å²) in [6.07, 6.45) is 5.43. The van der Waals surface area contributed by atoms with E-state index in [1.807, 2.05) is 24.3 Å². The third kappa shape index (κ3) is 3.31. The molecule has 2 unspecified atom stereocenters. The number of carbonyl (C=O) groups is 3. The molecule has 2 atom stereocenters. The standard InChI is InChI=1S/C20H23BrN2O3/c21-14-4-1-13(2-5-14)3-8-18(24)22-15-6-7-16(22)12-17(11-15)23-19(25)9-10-20(23)26/h1-2,4-5,15-17H,3,6-12H2. The van der Waals surface area contributed by atoms with Crippen molar-refractivity contribution < 1.29 is 14.4 Å². The van der Waals surface area contributed by atoms with Crippen LogP contribution in [0.1, 0.15) is 50.5 Å². The van der Waals surface area contributed by atoms with Crippen molar-refractivity contribution in [2.75, 3.05) is 0 Å². The lowest BCUT2D eigenvalue weighted by atomic mass is 9.95. The number of carbonyl (C=O) groups excluding carboxylic acids is 3. The normalized spacial score (nSPS) is 28.1. The number of hydrogen-bond donors (Lipinski definition) is 0. The molecule has 0 saturated carbocycles. The van der Waals surface area contributed by atoms with Crippen molar-refractivity contribution in [3.63, 3.8) is 0 Å². The molecule has 0 aromatic heterocycles. The zero-order valence-corrected chi connectivity index (χ0v) is 16.3. The highest BCUT2D eigenvalue weighted by atomic mass is 79.9. The van der Waals surface area contributed by atoms with Crippen molar-refractivity contribution in [2.45, 2.75) is 69.5 Å². The number of piperidine rings is 1. The summed E-state index contributed by atoms with van der Waals surface area (Å²) in [6.45, 7) is 0. The first-order valence-electron chi connectivity index (χ1n) is 9.43. The highest BCUT2D eigenvalue weighted by Gasteiger charge is 2.47. The molecule has 3 heterocycles. The number of rotatable bonds is 4. The van der Waals surface area contributed by atoms with E-state index in [9.17, 15) is 14.4 Å². The van der Waals surface area contributed by atoms with Crippen LogP contribution < -0.4 is 0 Å². The van der Waals surface area contributed by atoms with E-state index in [0.717, 1.165) is 42.1 Å². The Morgan fingerprint density at radius 3 is 2.12 bits per heavy atom. The second kappa shape index (κ2) is 7.14. The summed E-state index contributed by atoms with van der Waals surface area (Å²) >= 11 is 3.43. The Labute approximate surface area is 161 Å². The highest BCUT2D eigenvalue weighted by Crippen LogP contribution is 2.39. The SMILES string of the molecule is O=C1CCC(=O)N1C1CC2CCC(C1)N2C(=O)CCc1ccc(Br)cc1. The number of halogens is 1. The van der Waals surface area contributed by atoms with Gasteiger partial charge in [-0.15, -0.1) is 0 Å². The second-order valence-electron chi connectivity index (χ2n) is 7.60. The van der Waals surface area contributed by atoms with E-state index in [1.165, 1.54) is 4.90 Å². The van der Waals surface area contributed by atoms with Crippen LogP contribution >= 0.6 is 15.9 Å². The van der Waals surface area contributed by atoms with Crippen molar-refractivity contribution in [3.8, 4) is 0 Å². The quantitative estimate of drug-likeness (QED) is 0.705. The Bertz CT molecular complexity index is 703. The minimum absolute atomic E-state index is 0.00877. The van der Waals surface area contributed by atoms with Gasteiger partial charge in [-0.2, -0.15) is 0 Å². The van der Waals surface area contributed by atoms with Gasteiger partial charge in [0.15, 0.2) is 0 Å². The van der Waals surface area contributed by atoms with Crippen LogP contribution in [0.2, 0.25) is 0 Å². The molecule has 5 nitrogen and oxygen atoms in total. The third-order valence-corrected chi connectivity index (χ3v) is 6.52. The minimum Gasteiger partial charge on any atom is -0.337 e. The van der Waals surface area contributed by atoms with Gasteiger partial charge in [-0.05, 0) is 49.8 Å². The smallest absolute Gasteiger partial charge is 0.229 e. The minimum atomic E-state index is -0.0329. The lowest BCUT2D eigenvalue weighted by Gasteiger charge is -2.41. The summed E-state index contributed by atoms with van der Waals surface area (Å²) in [5.41, 5.74) is 1.16. The Morgan fingerprint density at radius 1 is 0.962 bits per heavy atom. The molecule has 1 aromatic carbocycles. The van der Waals surface area contributed by atoms with Crippen molar-refractivity contribution in [1.82, 2.24) is 9.80 Å². The maximum Gasteiger partial charge on any atom is 0.229 e. The molecule has 3 aliphatic heterocycles. The van der Waals surface area contributed by atoms with Gasteiger partial charge in [0.2, 0.25) is 17.7 Å². The molecule has 3 amide bonds. The van der Waals surface area contributed by atoms with Gasteiger partial charge in [-0.1, -0.05) is 28.1 Å². The largest absolute Gasteiger partial charge is 0.337 e. The zero-order chi connectivity index (χ0) is 18.3. The Balaban J connectivity index is 1.38. The van der Waals surface area contributed by atoms with Gasteiger partial charge in [0.05, 0.1) is 0 Å². The third-order valence-electron chi connectivity index (χ3n) is 5.99. The van der Waals surface area contributed by atoms with E-state index in [4.69, 9.17) is 0 Å². The van der Waals surface area contributed by atoms with E-state index in [2.05, 4.69) is 20.8 Å². The molecular formula is C20H23BrN2O3. The molecular weight excluding hydrogens is 396 g/mol. The number of hydrogen-bond acceptors (Lipinski definition) is 3. The van der Waals surface area contributed by atoms with E-state index in [1.54, 1.807) is 0 Å². The molecule has 1 aromatic rings. The van der Waals surface area contributed by atoms with Crippen LogP contribution in [-0.2, 0) is 20.8 Å². The van der Waals surface area contributed by atoms with Crippen LogP contribution in [0.4, 0.5) is 0 Å². The number of fused-ring (bicyclic) bond motifs is 2. The van der Waals surface area contributed by atoms with E-state index < -0.39 is 0 Å². The molecule has 0 spiro atoms. The maximum atomic E-state index is 12.8.